The van der Waals surface area contributed by atoms with E-state index < -0.39 is 4.92 Å². The summed E-state index contributed by atoms with van der Waals surface area (Å²) in [6.45, 7) is 2.24. The number of benzene rings is 2. The van der Waals surface area contributed by atoms with E-state index in [0.717, 1.165) is 5.56 Å². The Morgan fingerprint density at radius 2 is 1.83 bits per heavy atom. The summed E-state index contributed by atoms with van der Waals surface area (Å²) < 4.78 is 0. The number of aromatic nitrogens is 2. The van der Waals surface area contributed by atoms with E-state index >= 15 is 0 Å². The predicted octanol–water partition coefficient (Wildman–Crippen LogP) is 2.51. The fraction of sp³-hybridized carbons (Fsp3) is 0.200. The van der Waals surface area contributed by atoms with E-state index in [9.17, 15) is 19.7 Å². The molecule has 1 heterocycles. The maximum absolute atomic E-state index is 12.1. The van der Waals surface area contributed by atoms with Gasteiger partial charge in [-0.1, -0.05) is 24.3 Å². The number of nitrogens with zero attached hydrogens (tertiary/aromatic N) is 3. The van der Waals surface area contributed by atoms with Gasteiger partial charge in [-0.25, -0.2) is 9.97 Å². The van der Waals surface area contributed by atoms with E-state index in [1.54, 1.807) is 30.3 Å². The molecule has 29 heavy (non-hydrogen) atoms. The van der Waals surface area contributed by atoms with Crippen LogP contribution in [0, 0.1) is 10.1 Å². The second-order valence-electron chi connectivity index (χ2n) is 6.39. The molecule has 1 aromatic heterocycles. The number of anilines is 1. The van der Waals surface area contributed by atoms with Crippen molar-refractivity contribution in [2.75, 3.05) is 18.4 Å². The van der Waals surface area contributed by atoms with Crippen molar-refractivity contribution >= 4 is 34.1 Å². The summed E-state index contributed by atoms with van der Waals surface area (Å²) in [6.07, 6.45) is 1.58. The lowest BCUT2D eigenvalue weighted by molar-refractivity contribution is -0.384. The molecule has 0 atom stereocenters. The third kappa shape index (κ3) is 5.10. The number of amides is 1. The molecule has 0 saturated heterocycles. The van der Waals surface area contributed by atoms with Crippen LogP contribution in [0.2, 0.25) is 0 Å². The van der Waals surface area contributed by atoms with Crippen molar-refractivity contribution in [3.05, 3.63) is 70.0 Å². The van der Waals surface area contributed by atoms with Crippen molar-refractivity contribution < 1.29 is 14.5 Å². The fourth-order valence-electron chi connectivity index (χ4n) is 2.79. The Bertz CT molecular complexity index is 1070. The number of Topliss-reactive ketones (excluding diaryl/α,β-unsaturated/α-hetero) is 1. The topological polar surface area (TPSA) is 127 Å². The van der Waals surface area contributed by atoms with Crippen LogP contribution in [-0.4, -0.2) is 39.7 Å². The molecule has 0 unspecified atom stereocenters. The number of nitro groups is 1. The molecule has 3 rings (SSSR count). The summed E-state index contributed by atoms with van der Waals surface area (Å²) in [6, 6.07) is 11.3. The Morgan fingerprint density at radius 3 is 2.52 bits per heavy atom. The normalized spacial score (nSPS) is 10.5. The Balaban J connectivity index is 1.53. The molecule has 3 aromatic rings. The quantitative estimate of drug-likeness (QED) is 0.260. The van der Waals surface area contributed by atoms with Crippen molar-refractivity contribution in [1.82, 2.24) is 15.3 Å². The van der Waals surface area contributed by atoms with Gasteiger partial charge in [0.15, 0.2) is 5.78 Å². The summed E-state index contributed by atoms with van der Waals surface area (Å²) in [5.41, 5.74) is 1.97. The number of hydrogen-bond acceptors (Lipinski definition) is 7. The lowest BCUT2D eigenvalue weighted by Crippen LogP contribution is -2.30. The second-order valence-corrected chi connectivity index (χ2v) is 6.39. The largest absolute Gasteiger partial charge is 0.368 e. The summed E-state index contributed by atoms with van der Waals surface area (Å²) in [5.74, 6) is 0.299. The van der Waals surface area contributed by atoms with Crippen LogP contribution < -0.4 is 10.6 Å². The molecule has 1 amide bonds. The van der Waals surface area contributed by atoms with Gasteiger partial charge < -0.3 is 10.6 Å². The van der Waals surface area contributed by atoms with Crippen molar-refractivity contribution in [2.24, 2.45) is 0 Å². The molecule has 0 aliphatic heterocycles. The first-order valence-electron chi connectivity index (χ1n) is 8.93. The minimum Gasteiger partial charge on any atom is -0.368 e. The van der Waals surface area contributed by atoms with Gasteiger partial charge in [-0.15, -0.1) is 0 Å². The Hall–Kier alpha value is -3.88. The minimum atomic E-state index is -0.473. The zero-order valence-corrected chi connectivity index (χ0v) is 15.7. The number of ketones is 1. The number of carbonyl (C=O) groups excluding carboxylic acids is 2. The first-order valence-corrected chi connectivity index (χ1v) is 8.93. The van der Waals surface area contributed by atoms with Crippen LogP contribution in [-0.2, 0) is 11.2 Å². The lowest BCUT2D eigenvalue weighted by atomic mass is 10.1. The predicted molar refractivity (Wildman–Crippen MR) is 108 cm³/mol. The number of nitro benzene ring substituents is 1. The average Bonchev–Trinajstić information content (AvgIpc) is 2.71. The molecule has 0 fully saturated rings. The van der Waals surface area contributed by atoms with Gasteiger partial charge in [-0.2, -0.15) is 0 Å². The highest BCUT2D eigenvalue weighted by molar-refractivity contribution is 5.94. The molecule has 0 radical (unpaired) electrons. The summed E-state index contributed by atoms with van der Waals surface area (Å²) in [7, 11) is 0. The number of non-ortho nitro benzene ring substituents is 1. The Kier molecular flexibility index (Phi) is 6.08. The van der Waals surface area contributed by atoms with Crippen LogP contribution in [0.25, 0.3) is 10.9 Å². The van der Waals surface area contributed by atoms with Crippen LogP contribution in [0.15, 0.2) is 48.8 Å². The summed E-state index contributed by atoms with van der Waals surface area (Å²) in [4.78, 5) is 42.1. The highest BCUT2D eigenvalue weighted by Gasteiger charge is 2.10. The van der Waals surface area contributed by atoms with Crippen molar-refractivity contribution in [3.63, 3.8) is 0 Å². The Labute approximate surface area is 166 Å². The number of fused-ring (bicyclic) bond motifs is 1. The smallest absolute Gasteiger partial charge is 0.270 e. The number of hydrogen-bond donors (Lipinski definition) is 2. The van der Waals surface area contributed by atoms with E-state index in [4.69, 9.17) is 0 Å². The third-order valence-corrected chi connectivity index (χ3v) is 4.29. The van der Waals surface area contributed by atoms with Gasteiger partial charge in [0.25, 0.3) is 5.69 Å². The number of rotatable bonds is 8. The molecule has 9 heteroatoms. The maximum atomic E-state index is 12.1. The molecule has 0 spiro atoms. The van der Waals surface area contributed by atoms with Gasteiger partial charge in [-0.05, 0) is 18.6 Å². The first kappa shape index (κ1) is 19.9. The molecule has 0 aliphatic rings. The summed E-state index contributed by atoms with van der Waals surface area (Å²) in [5, 5.41) is 17.4. The van der Waals surface area contributed by atoms with Gasteiger partial charge in [0, 0.05) is 36.2 Å². The van der Waals surface area contributed by atoms with Crippen molar-refractivity contribution in [3.8, 4) is 0 Å². The average molecular weight is 393 g/mol. The molecular weight excluding hydrogens is 374 g/mol. The van der Waals surface area contributed by atoms with Crippen LogP contribution in [0.1, 0.15) is 22.8 Å². The van der Waals surface area contributed by atoms with Gasteiger partial charge in [0.05, 0.1) is 16.9 Å². The third-order valence-electron chi connectivity index (χ3n) is 4.29. The summed E-state index contributed by atoms with van der Waals surface area (Å²) >= 11 is 0. The monoisotopic (exact) mass is 393 g/mol. The molecular formula is C20H19N5O4. The van der Waals surface area contributed by atoms with Crippen LogP contribution in [0.4, 0.5) is 11.5 Å². The van der Waals surface area contributed by atoms with Gasteiger partial charge >= 0.3 is 0 Å². The Morgan fingerprint density at radius 1 is 1.07 bits per heavy atom. The molecule has 0 bridgehead atoms. The molecule has 0 aliphatic carbocycles. The lowest BCUT2D eigenvalue weighted by Gasteiger charge is -2.09. The number of carbonyl (C=O) groups is 2. The van der Waals surface area contributed by atoms with Crippen LogP contribution >= 0.6 is 0 Å². The van der Waals surface area contributed by atoms with Gasteiger partial charge in [-0.3, -0.25) is 19.7 Å². The van der Waals surface area contributed by atoms with E-state index in [-0.39, 0.29) is 23.8 Å². The molecule has 2 aromatic carbocycles. The van der Waals surface area contributed by atoms with Gasteiger partial charge in [0.2, 0.25) is 5.91 Å². The highest BCUT2D eigenvalue weighted by Crippen LogP contribution is 2.23. The molecule has 148 valence electrons. The zero-order chi connectivity index (χ0) is 20.8. The first-order chi connectivity index (χ1) is 13.9. The van der Waals surface area contributed by atoms with Crippen molar-refractivity contribution in [1.29, 1.82) is 0 Å². The molecule has 0 saturated carbocycles. The minimum absolute atomic E-state index is 0.0188. The standard InChI is InChI=1S/C20H19N5O4/c1-13(26)15-4-2-14(3-5-15)10-19(27)21-8-9-22-20-17-11-16(25(28)29)6-7-18(17)23-12-24-20/h2-7,11-12H,8-10H2,1H3,(H,21,27)(H,22,23,24). The molecule has 2 N–H and O–H groups in total. The van der Waals surface area contributed by atoms with Crippen LogP contribution in [0.5, 0.6) is 0 Å². The van der Waals surface area contributed by atoms with Crippen molar-refractivity contribution in [2.45, 2.75) is 13.3 Å². The fourth-order valence-corrected chi connectivity index (χ4v) is 2.79. The van der Waals surface area contributed by atoms with Crippen LogP contribution in [0.3, 0.4) is 0 Å². The number of nitrogens with one attached hydrogen (secondary N) is 2. The van der Waals surface area contributed by atoms with E-state index in [1.807, 2.05) is 0 Å². The SMILES string of the molecule is CC(=O)c1ccc(CC(=O)NCCNc2ncnc3ccc([N+](=O)[O-])cc23)cc1. The van der Waals surface area contributed by atoms with E-state index in [2.05, 4.69) is 20.6 Å². The zero-order valence-electron chi connectivity index (χ0n) is 15.7. The highest BCUT2D eigenvalue weighted by atomic mass is 16.6. The molecule has 9 nitrogen and oxygen atoms in total. The van der Waals surface area contributed by atoms with E-state index in [1.165, 1.54) is 25.4 Å². The second kappa shape index (κ2) is 8.87. The van der Waals surface area contributed by atoms with Gasteiger partial charge in [0.1, 0.15) is 12.1 Å². The van der Waals surface area contributed by atoms with E-state index in [0.29, 0.717) is 35.4 Å². The maximum Gasteiger partial charge on any atom is 0.270 e.